The van der Waals surface area contributed by atoms with Gasteiger partial charge in [0.05, 0.1) is 12.6 Å². The Labute approximate surface area is 127 Å². The molecule has 2 fully saturated rings. The minimum absolute atomic E-state index is 0.0754. The minimum atomic E-state index is 0.0754. The summed E-state index contributed by atoms with van der Waals surface area (Å²) in [4.78, 5) is 17.1. The fraction of sp³-hybridized carbons (Fsp3) is 0.588. The van der Waals surface area contributed by atoms with Gasteiger partial charge in [-0.3, -0.25) is 14.6 Å². The van der Waals surface area contributed by atoms with Gasteiger partial charge in [0.25, 0.3) is 0 Å². The third-order valence-corrected chi connectivity index (χ3v) is 4.72. The van der Waals surface area contributed by atoms with Crippen molar-refractivity contribution in [2.24, 2.45) is 0 Å². The monoisotopic (exact) mass is 287 g/mol. The van der Waals surface area contributed by atoms with Gasteiger partial charge in [0.15, 0.2) is 0 Å². The number of fused-ring (bicyclic) bond motifs is 1. The van der Waals surface area contributed by atoms with E-state index in [-0.39, 0.29) is 11.9 Å². The molecular weight excluding hydrogens is 262 g/mol. The van der Waals surface area contributed by atoms with E-state index in [0.717, 1.165) is 25.2 Å². The van der Waals surface area contributed by atoms with Gasteiger partial charge >= 0.3 is 0 Å². The predicted molar refractivity (Wildman–Crippen MR) is 84.0 cm³/mol. The summed E-state index contributed by atoms with van der Waals surface area (Å²) < 4.78 is 0. The summed E-state index contributed by atoms with van der Waals surface area (Å²) >= 11 is 0. The van der Waals surface area contributed by atoms with Crippen LogP contribution in [0.25, 0.3) is 0 Å². The van der Waals surface area contributed by atoms with Crippen LogP contribution in [0.15, 0.2) is 30.3 Å². The summed E-state index contributed by atoms with van der Waals surface area (Å²) in [5, 5.41) is 3.11. The quantitative estimate of drug-likeness (QED) is 0.914. The molecule has 2 heterocycles. The van der Waals surface area contributed by atoms with Crippen LogP contribution >= 0.6 is 0 Å². The van der Waals surface area contributed by atoms with Crippen LogP contribution in [0.5, 0.6) is 0 Å². The number of rotatable bonds is 4. The topological polar surface area (TPSA) is 35.6 Å². The zero-order valence-corrected chi connectivity index (χ0v) is 12.8. The lowest BCUT2D eigenvalue weighted by atomic mass is 10.1. The molecule has 2 saturated heterocycles. The zero-order valence-electron chi connectivity index (χ0n) is 12.8. The number of carbonyl (C=O) groups excluding carboxylic acids is 1. The highest BCUT2D eigenvalue weighted by Crippen LogP contribution is 2.21. The highest BCUT2D eigenvalue weighted by molar-refractivity contribution is 5.78. The van der Waals surface area contributed by atoms with Gasteiger partial charge in [0, 0.05) is 25.7 Å². The van der Waals surface area contributed by atoms with E-state index >= 15 is 0 Å². The van der Waals surface area contributed by atoms with Gasteiger partial charge < -0.3 is 5.32 Å². The van der Waals surface area contributed by atoms with Gasteiger partial charge in [-0.05, 0) is 31.9 Å². The molecule has 0 aliphatic carbocycles. The lowest BCUT2D eigenvalue weighted by molar-refractivity contribution is -0.123. The number of benzene rings is 1. The van der Waals surface area contributed by atoms with Crippen molar-refractivity contribution in [2.45, 2.75) is 31.8 Å². The number of nitrogens with one attached hydrogen (secondary N) is 1. The van der Waals surface area contributed by atoms with E-state index in [0.29, 0.717) is 12.6 Å². The van der Waals surface area contributed by atoms with Crippen molar-refractivity contribution < 1.29 is 4.79 Å². The molecule has 1 aromatic carbocycles. The lowest BCUT2D eigenvalue weighted by Gasteiger charge is -2.37. The first-order chi connectivity index (χ1) is 10.2. The Balaban J connectivity index is 1.48. The van der Waals surface area contributed by atoms with Gasteiger partial charge in [-0.15, -0.1) is 0 Å². The Morgan fingerprint density at radius 2 is 2.10 bits per heavy atom. The number of hydrogen-bond donors (Lipinski definition) is 1. The van der Waals surface area contributed by atoms with Crippen molar-refractivity contribution in [2.75, 3.05) is 32.7 Å². The second-order valence-corrected chi connectivity index (χ2v) is 6.27. The van der Waals surface area contributed by atoms with E-state index in [2.05, 4.69) is 27.2 Å². The number of hydrogen-bond acceptors (Lipinski definition) is 3. The summed E-state index contributed by atoms with van der Waals surface area (Å²) in [6.45, 7) is 7.00. The molecule has 21 heavy (non-hydrogen) atoms. The summed E-state index contributed by atoms with van der Waals surface area (Å²) in [6.07, 6.45) is 2.61. The maximum Gasteiger partial charge on any atom is 0.234 e. The maximum atomic E-state index is 12.2. The smallest absolute Gasteiger partial charge is 0.234 e. The number of amides is 1. The molecular formula is C17H25N3O. The van der Waals surface area contributed by atoms with E-state index in [4.69, 9.17) is 0 Å². The number of carbonyl (C=O) groups is 1. The molecule has 4 nitrogen and oxygen atoms in total. The van der Waals surface area contributed by atoms with Crippen LogP contribution in [0.4, 0.5) is 0 Å². The van der Waals surface area contributed by atoms with Gasteiger partial charge in [-0.1, -0.05) is 30.3 Å². The van der Waals surface area contributed by atoms with Crippen LogP contribution in [0.1, 0.15) is 31.4 Å². The van der Waals surface area contributed by atoms with Crippen LogP contribution in [0.3, 0.4) is 0 Å². The molecule has 1 aromatic rings. The molecule has 0 saturated carbocycles. The normalized spacial score (nSPS) is 24.5. The molecule has 3 rings (SSSR count). The molecule has 0 aromatic heterocycles. The van der Waals surface area contributed by atoms with Crippen molar-refractivity contribution >= 4 is 5.91 Å². The second kappa shape index (κ2) is 6.58. The molecule has 2 aliphatic rings. The molecule has 2 aliphatic heterocycles. The lowest BCUT2D eigenvalue weighted by Crippen LogP contribution is -2.52. The van der Waals surface area contributed by atoms with Crippen molar-refractivity contribution in [1.29, 1.82) is 0 Å². The fourth-order valence-electron chi connectivity index (χ4n) is 3.51. The van der Waals surface area contributed by atoms with Crippen LogP contribution < -0.4 is 5.32 Å². The SMILES string of the molecule is CC(NC(=O)CN1CCN2CCCC2C1)c1ccccc1. The Morgan fingerprint density at radius 1 is 1.29 bits per heavy atom. The summed E-state index contributed by atoms with van der Waals surface area (Å²) in [5.41, 5.74) is 1.16. The van der Waals surface area contributed by atoms with E-state index in [1.165, 1.54) is 19.4 Å². The minimum Gasteiger partial charge on any atom is -0.348 e. The fourth-order valence-corrected chi connectivity index (χ4v) is 3.51. The van der Waals surface area contributed by atoms with Gasteiger partial charge in [-0.2, -0.15) is 0 Å². The number of nitrogens with zero attached hydrogens (tertiary/aromatic N) is 2. The van der Waals surface area contributed by atoms with Gasteiger partial charge in [0.1, 0.15) is 0 Å². The van der Waals surface area contributed by atoms with Crippen molar-refractivity contribution in [1.82, 2.24) is 15.1 Å². The largest absolute Gasteiger partial charge is 0.348 e. The molecule has 1 N–H and O–H groups in total. The van der Waals surface area contributed by atoms with E-state index < -0.39 is 0 Å². The standard InChI is InChI=1S/C17H25N3O/c1-14(15-6-3-2-4-7-15)18-17(21)13-19-10-11-20-9-5-8-16(20)12-19/h2-4,6-7,14,16H,5,8-13H2,1H3,(H,18,21). The molecule has 0 radical (unpaired) electrons. The highest BCUT2D eigenvalue weighted by atomic mass is 16.2. The third kappa shape index (κ3) is 3.63. The summed E-state index contributed by atoms with van der Waals surface area (Å²) in [5.74, 6) is 0.137. The third-order valence-electron chi connectivity index (χ3n) is 4.72. The molecule has 0 spiro atoms. The Bertz CT molecular complexity index is 476. The molecule has 2 atom stereocenters. The first-order valence-electron chi connectivity index (χ1n) is 8.03. The van der Waals surface area contributed by atoms with Crippen LogP contribution in [-0.4, -0.2) is 54.5 Å². The second-order valence-electron chi connectivity index (χ2n) is 6.27. The van der Waals surface area contributed by atoms with Crippen molar-refractivity contribution in [3.05, 3.63) is 35.9 Å². The van der Waals surface area contributed by atoms with Crippen LogP contribution in [0.2, 0.25) is 0 Å². The average molecular weight is 287 g/mol. The Morgan fingerprint density at radius 3 is 2.90 bits per heavy atom. The van der Waals surface area contributed by atoms with E-state index in [1.807, 2.05) is 25.1 Å². The average Bonchev–Trinajstić information content (AvgIpc) is 2.95. The van der Waals surface area contributed by atoms with Crippen molar-refractivity contribution in [3.8, 4) is 0 Å². The predicted octanol–water partition coefficient (Wildman–Crippen LogP) is 1.64. The number of piperazine rings is 1. The maximum absolute atomic E-state index is 12.2. The van der Waals surface area contributed by atoms with Gasteiger partial charge in [-0.25, -0.2) is 0 Å². The Hall–Kier alpha value is -1.39. The molecule has 4 heteroatoms. The van der Waals surface area contributed by atoms with Gasteiger partial charge in [0.2, 0.25) is 5.91 Å². The first kappa shape index (κ1) is 14.5. The molecule has 2 unspecified atom stereocenters. The first-order valence-corrected chi connectivity index (χ1v) is 8.03. The van der Waals surface area contributed by atoms with E-state index in [9.17, 15) is 4.79 Å². The summed E-state index contributed by atoms with van der Waals surface area (Å²) in [6, 6.07) is 10.9. The van der Waals surface area contributed by atoms with E-state index in [1.54, 1.807) is 0 Å². The summed E-state index contributed by atoms with van der Waals surface area (Å²) in [7, 11) is 0. The van der Waals surface area contributed by atoms with Crippen molar-refractivity contribution in [3.63, 3.8) is 0 Å². The van der Waals surface area contributed by atoms with Crippen LogP contribution in [0, 0.1) is 0 Å². The molecule has 1 amide bonds. The van der Waals surface area contributed by atoms with Crippen LogP contribution in [-0.2, 0) is 4.79 Å². The molecule has 114 valence electrons. The Kier molecular flexibility index (Phi) is 4.56. The highest BCUT2D eigenvalue weighted by Gasteiger charge is 2.31. The zero-order chi connectivity index (χ0) is 14.7. The molecule has 0 bridgehead atoms.